The molecule has 1 unspecified atom stereocenters. The molecule has 0 aliphatic heterocycles. The lowest BCUT2D eigenvalue weighted by Gasteiger charge is -2.23. The van der Waals surface area contributed by atoms with Gasteiger partial charge in [0.15, 0.2) is 0 Å². The van der Waals surface area contributed by atoms with Gasteiger partial charge in [0.2, 0.25) is 0 Å². The third kappa shape index (κ3) is 7.64. The van der Waals surface area contributed by atoms with Gasteiger partial charge in [-0.1, -0.05) is 39.8 Å². The summed E-state index contributed by atoms with van der Waals surface area (Å²) in [6, 6.07) is 7.03. The highest BCUT2D eigenvalue weighted by atomic mass is 19.1. The lowest BCUT2D eigenvalue weighted by atomic mass is 9.84. The fourth-order valence-corrected chi connectivity index (χ4v) is 2.39. The van der Waals surface area contributed by atoms with Crippen LogP contribution in [0.15, 0.2) is 24.3 Å². The van der Waals surface area contributed by atoms with Crippen molar-refractivity contribution in [1.82, 2.24) is 5.32 Å². The average Bonchev–Trinajstić information content (AvgIpc) is 2.35. The van der Waals surface area contributed by atoms with Crippen LogP contribution in [0.3, 0.4) is 0 Å². The Bertz CT molecular complexity index is 381. The van der Waals surface area contributed by atoms with Crippen molar-refractivity contribution in [3.8, 4) is 0 Å². The van der Waals surface area contributed by atoms with Crippen molar-refractivity contribution in [2.24, 2.45) is 11.3 Å². The lowest BCUT2D eigenvalue weighted by Crippen LogP contribution is -2.26. The number of rotatable bonds is 8. The molecule has 1 aromatic rings. The first-order valence-electron chi connectivity index (χ1n) is 7.86. The Morgan fingerprint density at radius 1 is 1.25 bits per heavy atom. The van der Waals surface area contributed by atoms with Gasteiger partial charge >= 0.3 is 0 Å². The van der Waals surface area contributed by atoms with E-state index in [4.69, 9.17) is 0 Å². The van der Waals surface area contributed by atoms with Gasteiger partial charge in [0.25, 0.3) is 0 Å². The van der Waals surface area contributed by atoms with Crippen LogP contribution in [0.1, 0.15) is 52.5 Å². The fraction of sp³-hybridized carbons (Fsp3) is 0.667. The second-order valence-corrected chi connectivity index (χ2v) is 7.00. The Hall–Kier alpha value is -0.890. The van der Waals surface area contributed by atoms with E-state index in [-0.39, 0.29) is 5.82 Å². The highest BCUT2D eigenvalue weighted by Gasteiger charge is 2.16. The van der Waals surface area contributed by atoms with Crippen molar-refractivity contribution in [2.45, 2.75) is 53.4 Å². The molecule has 0 spiro atoms. The Morgan fingerprint density at radius 3 is 2.60 bits per heavy atom. The average molecular weight is 279 g/mol. The first kappa shape index (κ1) is 17.2. The summed E-state index contributed by atoms with van der Waals surface area (Å²) in [4.78, 5) is 0. The molecule has 1 nitrogen and oxygen atoms in total. The largest absolute Gasteiger partial charge is 0.316 e. The second kappa shape index (κ2) is 8.41. The van der Waals surface area contributed by atoms with E-state index in [1.165, 1.54) is 18.9 Å². The van der Waals surface area contributed by atoms with E-state index >= 15 is 0 Å². The monoisotopic (exact) mass is 279 g/mol. The van der Waals surface area contributed by atoms with Crippen molar-refractivity contribution in [2.75, 3.05) is 13.1 Å². The molecule has 114 valence electrons. The molecule has 20 heavy (non-hydrogen) atoms. The fourth-order valence-electron chi connectivity index (χ4n) is 2.39. The van der Waals surface area contributed by atoms with E-state index in [0.29, 0.717) is 11.3 Å². The van der Waals surface area contributed by atoms with E-state index in [0.717, 1.165) is 31.5 Å². The van der Waals surface area contributed by atoms with Gasteiger partial charge in [-0.3, -0.25) is 0 Å². The van der Waals surface area contributed by atoms with Crippen LogP contribution in [0.2, 0.25) is 0 Å². The molecule has 0 fully saturated rings. The lowest BCUT2D eigenvalue weighted by molar-refractivity contribution is 0.314. The molecule has 1 aromatic carbocycles. The minimum atomic E-state index is -0.126. The molecule has 0 amide bonds. The molecule has 0 aliphatic rings. The Kier molecular flexibility index (Phi) is 7.22. The van der Waals surface area contributed by atoms with Gasteiger partial charge in [-0.2, -0.15) is 0 Å². The van der Waals surface area contributed by atoms with Crippen LogP contribution in [0.25, 0.3) is 0 Å². The van der Waals surface area contributed by atoms with Crippen molar-refractivity contribution < 1.29 is 4.39 Å². The second-order valence-electron chi connectivity index (χ2n) is 7.00. The molecule has 0 aliphatic carbocycles. The van der Waals surface area contributed by atoms with E-state index in [1.54, 1.807) is 6.07 Å². The number of hydrogen-bond donors (Lipinski definition) is 1. The van der Waals surface area contributed by atoms with Crippen LogP contribution in [0.4, 0.5) is 4.39 Å². The summed E-state index contributed by atoms with van der Waals surface area (Å²) < 4.78 is 13.3. The normalized spacial score (nSPS) is 13.4. The zero-order valence-electron chi connectivity index (χ0n) is 13.5. The van der Waals surface area contributed by atoms with Crippen molar-refractivity contribution in [3.63, 3.8) is 0 Å². The summed E-state index contributed by atoms with van der Waals surface area (Å²) in [6.45, 7) is 11.1. The highest BCUT2D eigenvalue weighted by molar-refractivity contribution is 5.16. The van der Waals surface area contributed by atoms with Crippen LogP contribution >= 0.6 is 0 Å². The van der Waals surface area contributed by atoms with Crippen LogP contribution in [-0.4, -0.2) is 13.1 Å². The molecular weight excluding hydrogens is 249 g/mol. The van der Waals surface area contributed by atoms with Gasteiger partial charge in [-0.05, 0) is 67.8 Å². The number of nitrogens with one attached hydrogen (secondary N) is 1. The quantitative estimate of drug-likeness (QED) is 0.673. The standard InChI is InChI=1S/C18H30FN/c1-5-11-20-14-16(9-10-18(2,3)4)12-15-7-6-8-17(19)13-15/h6-8,13,16,20H,5,9-12,14H2,1-4H3. The molecule has 1 atom stereocenters. The Balaban J connectivity index is 2.56. The molecule has 0 saturated carbocycles. The van der Waals surface area contributed by atoms with Crippen LogP contribution in [0, 0.1) is 17.2 Å². The SMILES string of the molecule is CCCNCC(CCC(C)(C)C)Cc1cccc(F)c1. The predicted octanol–water partition coefficient (Wildman–Crippen LogP) is 4.81. The summed E-state index contributed by atoms with van der Waals surface area (Å²) in [5.74, 6) is 0.459. The van der Waals surface area contributed by atoms with Gasteiger partial charge in [0.05, 0.1) is 0 Å². The molecule has 1 N–H and O–H groups in total. The van der Waals surface area contributed by atoms with E-state index in [2.05, 4.69) is 33.0 Å². The Labute approximate surface area is 124 Å². The number of benzene rings is 1. The molecule has 0 aromatic heterocycles. The van der Waals surface area contributed by atoms with Gasteiger partial charge < -0.3 is 5.32 Å². The van der Waals surface area contributed by atoms with Crippen molar-refractivity contribution >= 4 is 0 Å². The van der Waals surface area contributed by atoms with Crippen LogP contribution in [0.5, 0.6) is 0 Å². The smallest absolute Gasteiger partial charge is 0.123 e. The summed E-state index contributed by atoms with van der Waals surface area (Å²) in [6.07, 6.45) is 4.52. The minimum Gasteiger partial charge on any atom is -0.316 e. The molecule has 1 rings (SSSR count). The van der Waals surface area contributed by atoms with Crippen LogP contribution < -0.4 is 5.32 Å². The van der Waals surface area contributed by atoms with Crippen molar-refractivity contribution in [3.05, 3.63) is 35.6 Å². The third-order valence-electron chi connectivity index (χ3n) is 3.58. The molecular formula is C18H30FN. The molecule has 0 heterocycles. The van der Waals surface area contributed by atoms with Gasteiger partial charge in [0.1, 0.15) is 5.82 Å². The van der Waals surface area contributed by atoms with E-state index < -0.39 is 0 Å². The minimum absolute atomic E-state index is 0.126. The topological polar surface area (TPSA) is 12.0 Å². The third-order valence-corrected chi connectivity index (χ3v) is 3.58. The maximum absolute atomic E-state index is 13.3. The summed E-state index contributed by atoms with van der Waals surface area (Å²) in [7, 11) is 0. The zero-order valence-corrected chi connectivity index (χ0v) is 13.5. The predicted molar refractivity (Wildman–Crippen MR) is 85.4 cm³/mol. The number of halogens is 1. The first-order chi connectivity index (χ1) is 9.40. The van der Waals surface area contributed by atoms with Gasteiger partial charge in [-0.15, -0.1) is 0 Å². The molecule has 2 heteroatoms. The Morgan fingerprint density at radius 2 is 2.00 bits per heavy atom. The van der Waals surface area contributed by atoms with E-state index in [1.807, 2.05) is 12.1 Å². The van der Waals surface area contributed by atoms with Gasteiger partial charge in [-0.25, -0.2) is 4.39 Å². The molecule has 0 bridgehead atoms. The van der Waals surface area contributed by atoms with Gasteiger partial charge in [0, 0.05) is 0 Å². The first-order valence-corrected chi connectivity index (χ1v) is 7.86. The zero-order chi connectivity index (χ0) is 15.0. The van der Waals surface area contributed by atoms with Crippen LogP contribution in [-0.2, 0) is 6.42 Å². The highest BCUT2D eigenvalue weighted by Crippen LogP contribution is 2.25. The molecule has 0 radical (unpaired) electrons. The maximum atomic E-state index is 13.3. The summed E-state index contributed by atoms with van der Waals surface area (Å²) in [5.41, 5.74) is 1.48. The summed E-state index contributed by atoms with van der Waals surface area (Å²) >= 11 is 0. The summed E-state index contributed by atoms with van der Waals surface area (Å²) in [5, 5.41) is 3.51. The van der Waals surface area contributed by atoms with Crippen molar-refractivity contribution in [1.29, 1.82) is 0 Å². The maximum Gasteiger partial charge on any atom is 0.123 e. The number of hydrogen-bond acceptors (Lipinski definition) is 1. The molecule has 0 saturated heterocycles. The van der Waals surface area contributed by atoms with E-state index in [9.17, 15) is 4.39 Å².